The molecule has 1 amide bonds. The molecular weight excluding hydrogens is 208 g/mol. The first kappa shape index (κ1) is 11.5. The number of nitrogens with one attached hydrogen (secondary N) is 1. The van der Waals surface area contributed by atoms with Gasteiger partial charge in [0.05, 0.1) is 5.41 Å². The molecule has 0 unspecified atom stereocenters. The van der Waals surface area contributed by atoms with Crippen LogP contribution in [-0.2, 0) is 9.59 Å². The van der Waals surface area contributed by atoms with E-state index in [-0.39, 0.29) is 5.78 Å². The standard InChI is InChI=1S/C11H18N2O3/c1-9(2)10(3)4-5-11(9,8(16)13-12)7(15)6(10)14/h7,15H,4-5,12H2,1-3H3,(H,13,16)/t7-,10+,11+/m1/s1. The third-order valence-corrected chi connectivity index (χ3v) is 5.31. The molecule has 0 radical (unpaired) electrons. The Kier molecular flexibility index (Phi) is 2.05. The molecule has 2 bridgehead atoms. The first-order valence-corrected chi connectivity index (χ1v) is 5.49. The molecule has 3 atom stereocenters. The summed E-state index contributed by atoms with van der Waals surface area (Å²) < 4.78 is 0. The van der Waals surface area contributed by atoms with Crippen molar-refractivity contribution in [1.29, 1.82) is 0 Å². The molecule has 0 spiro atoms. The Hall–Kier alpha value is -0.940. The van der Waals surface area contributed by atoms with E-state index in [1.807, 2.05) is 20.8 Å². The molecule has 0 aromatic rings. The van der Waals surface area contributed by atoms with Crippen molar-refractivity contribution in [3.63, 3.8) is 0 Å². The molecule has 5 nitrogen and oxygen atoms in total. The van der Waals surface area contributed by atoms with Crippen LogP contribution in [0.3, 0.4) is 0 Å². The quantitative estimate of drug-likeness (QED) is 0.326. The van der Waals surface area contributed by atoms with Gasteiger partial charge in [0, 0.05) is 5.41 Å². The summed E-state index contributed by atoms with van der Waals surface area (Å²) >= 11 is 0. The lowest BCUT2D eigenvalue weighted by molar-refractivity contribution is -0.148. The van der Waals surface area contributed by atoms with Gasteiger partial charge in [-0.3, -0.25) is 15.0 Å². The Morgan fingerprint density at radius 1 is 1.44 bits per heavy atom. The summed E-state index contributed by atoms with van der Waals surface area (Å²) in [6, 6.07) is 0. The number of Topliss-reactive ketones (excluding diaryl/α,β-unsaturated/α-hetero) is 1. The highest BCUT2D eigenvalue weighted by molar-refractivity contribution is 6.02. The van der Waals surface area contributed by atoms with Gasteiger partial charge in [-0.2, -0.15) is 0 Å². The van der Waals surface area contributed by atoms with E-state index in [1.54, 1.807) is 0 Å². The van der Waals surface area contributed by atoms with Crippen LogP contribution in [0.1, 0.15) is 33.6 Å². The van der Waals surface area contributed by atoms with Gasteiger partial charge in [-0.25, -0.2) is 5.84 Å². The van der Waals surface area contributed by atoms with Gasteiger partial charge in [0.2, 0.25) is 5.91 Å². The number of amides is 1. The maximum atomic E-state index is 12.1. The van der Waals surface area contributed by atoms with Gasteiger partial charge < -0.3 is 5.11 Å². The number of aliphatic hydroxyl groups is 1. The number of rotatable bonds is 1. The second-order valence-corrected chi connectivity index (χ2v) is 5.67. The predicted octanol–water partition coefficient (Wildman–Crippen LogP) is -0.267. The predicted molar refractivity (Wildman–Crippen MR) is 56.9 cm³/mol. The minimum Gasteiger partial charge on any atom is -0.384 e. The van der Waals surface area contributed by atoms with Crippen molar-refractivity contribution in [1.82, 2.24) is 5.43 Å². The average molecular weight is 226 g/mol. The fourth-order valence-corrected chi connectivity index (χ4v) is 3.65. The Bertz CT molecular complexity index is 379. The van der Waals surface area contributed by atoms with E-state index in [0.29, 0.717) is 12.8 Å². The number of nitrogens with two attached hydrogens (primary N) is 1. The second-order valence-electron chi connectivity index (χ2n) is 5.67. The van der Waals surface area contributed by atoms with E-state index in [4.69, 9.17) is 5.84 Å². The zero-order valence-corrected chi connectivity index (χ0v) is 9.83. The van der Waals surface area contributed by atoms with E-state index in [1.165, 1.54) is 0 Å². The molecule has 0 heterocycles. The van der Waals surface area contributed by atoms with Crippen LogP contribution >= 0.6 is 0 Å². The summed E-state index contributed by atoms with van der Waals surface area (Å²) in [5.74, 6) is 4.52. The van der Waals surface area contributed by atoms with Crippen molar-refractivity contribution in [3.8, 4) is 0 Å². The van der Waals surface area contributed by atoms with Gasteiger partial charge in [0.15, 0.2) is 5.78 Å². The van der Waals surface area contributed by atoms with Gasteiger partial charge in [-0.15, -0.1) is 0 Å². The molecule has 2 fully saturated rings. The lowest BCUT2D eigenvalue weighted by Gasteiger charge is -2.38. The molecule has 0 aromatic carbocycles. The lowest BCUT2D eigenvalue weighted by Crippen LogP contribution is -2.54. The molecule has 0 saturated heterocycles. The fraction of sp³-hybridized carbons (Fsp3) is 0.818. The summed E-state index contributed by atoms with van der Waals surface area (Å²) in [5, 5.41) is 10.1. The molecule has 0 aliphatic heterocycles. The van der Waals surface area contributed by atoms with Crippen molar-refractivity contribution in [2.24, 2.45) is 22.1 Å². The minimum atomic E-state index is -1.23. The lowest BCUT2D eigenvalue weighted by atomic mass is 9.64. The summed E-state index contributed by atoms with van der Waals surface area (Å²) in [6.45, 7) is 5.56. The highest BCUT2D eigenvalue weighted by Gasteiger charge is 2.77. The molecule has 0 aromatic heterocycles. The number of carbonyl (C=O) groups is 2. The van der Waals surface area contributed by atoms with E-state index in [9.17, 15) is 14.7 Å². The van der Waals surface area contributed by atoms with Crippen LogP contribution in [-0.4, -0.2) is 22.9 Å². The topological polar surface area (TPSA) is 92.4 Å². The number of aliphatic hydroxyl groups excluding tert-OH is 1. The van der Waals surface area contributed by atoms with Crippen LogP contribution < -0.4 is 11.3 Å². The van der Waals surface area contributed by atoms with E-state index >= 15 is 0 Å². The van der Waals surface area contributed by atoms with Crippen LogP contribution in [0.2, 0.25) is 0 Å². The third-order valence-electron chi connectivity index (χ3n) is 5.31. The zero-order valence-electron chi connectivity index (χ0n) is 9.83. The van der Waals surface area contributed by atoms with Crippen molar-refractivity contribution in [2.75, 3.05) is 0 Å². The van der Waals surface area contributed by atoms with Gasteiger partial charge in [0.25, 0.3) is 0 Å². The van der Waals surface area contributed by atoms with Crippen LogP contribution in [0, 0.1) is 16.2 Å². The van der Waals surface area contributed by atoms with Gasteiger partial charge in [-0.05, 0) is 18.3 Å². The monoisotopic (exact) mass is 226 g/mol. The Morgan fingerprint density at radius 3 is 2.38 bits per heavy atom. The number of carbonyl (C=O) groups excluding carboxylic acids is 2. The fourth-order valence-electron chi connectivity index (χ4n) is 3.65. The van der Waals surface area contributed by atoms with Crippen LogP contribution in [0.5, 0.6) is 0 Å². The highest BCUT2D eigenvalue weighted by Crippen LogP contribution is 2.70. The van der Waals surface area contributed by atoms with Gasteiger partial charge in [-0.1, -0.05) is 20.8 Å². The largest absolute Gasteiger partial charge is 0.384 e. The average Bonchev–Trinajstić information content (AvgIpc) is 2.51. The molecule has 2 saturated carbocycles. The van der Waals surface area contributed by atoms with Crippen molar-refractivity contribution >= 4 is 11.7 Å². The molecule has 90 valence electrons. The minimum absolute atomic E-state index is 0.229. The number of hydrogen-bond acceptors (Lipinski definition) is 4. The zero-order chi connectivity index (χ0) is 12.4. The number of fused-ring (bicyclic) bond motifs is 2. The summed E-state index contributed by atoms with van der Waals surface area (Å²) in [6.07, 6.45) is -0.0970. The van der Waals surface area contributed by atoms with Crippen molar-refractivity contribution in [3.05, 3.63) is 0 Å². The molecule has 2 aliphatic rings. The summed E-state index contributed by atoms with van der Waals surface area (Å²) in [4.78, 5) is 24.0. The van der Waals surface area contributed by atoms with E-state index in [2.05, 4.69) is 5.43 Å². The first-order chi connectivity index (χ1) is 7.25. The first-order valence-electron chi connectivity index (χ1n) is 5.49. The number of hydrazine groups is 1. The number of ketones is 1. The van der Waals surface area contributed by atoms with Crippen LogP contribution in [0.25, 0.3) is 0 Å². The normalized spacial score (nSPS) is 44.8. The molecule has 2 aliphatic carbocycles. The molecule has 4 N–H and O–H groups in total. The van der Waals surface area contributed by atoms with E-state index < -0.39 is 28.3 Å². The van der Waals surface area contributed by atoms with Gasteiger partial charge in [0.1, 0.15) is 6.10 Å². The number of hydrogen-bond donors (Lipinski definition) is 3. The Labute approximate surface area is 94.4 Å². The van der Waals surface area contributed by atoms with Crippen molar-refractivity contribution < 1.29 is 14.7 Å². The molecular formula is C11H18N2O3. The molecule has 2 rings (SSSR count). The molecule has 5 heteroatoms. The van der Waals surface area contributed by atoms with Crippen LogP contribution in [0.4, 0.5) is 0 Å². The van der Waals surface area contributed by atoms with Crippen LogP contribution in [0.15, 0.2) is 0 Å². The maximum Gasteiger partial charge on any atom is 0.243 e. The van der Waals surface area contributed by atoms with E-state index in [0.717, 1.165) is 0 Å². The summed E-state index contributed by atoms with van der Waals surface area (Å²) in [7, 11) is 0. The van der Waals surface area contributed by atoms with Crippen molar-refractivity contribution in [2.45, 2.75) is 39.7 Å². The Morgan fingerprint density at radius 2 is 2.00 bits per heavy atom. The van der Waals surface area contributed by atoms with Gasteiger partial charge >= 0.3 is 0 Å². The second kappa shape index (κ2) is 2.84. The summed E-state index contributed by atoms with van der Waals surface area (Å²) in [5.41, 5.74) is -0.159. The highest BCUT2D eigenvalue weighted by atomic mass is 16.3. The molecule has 16 heavy (non-hydrogen) atoms. The Balaban J connectivity index is 2.63. The maximum absolute atomic E-state index is 12.1. The smallest absolute Gasteiger partial charge is 0.243 e. The SMILES string of the molecule is CC1(C)[C@@]2(C)CC[C@@]1(C(=O)NN)[C@H](O)C2=O. The third kappa shape index (κ3) is 0.822.